The van der Waals surface area contributed by atoms with Crippen molar-refractivity contribution in [2.45, 2.75) is 56.9 Å². The monoisotopic (exact) mass is 398 g/mol. The average Bonchev–Trinajstić information content (AvgIpc) is 3.39. The predicted molar refractivity (Wildman–Crippen MR) is 107 cm³/mol. The van der Waals surface area contributed by atoms with E-state index in [0.29, 0.717) is 37.9 Å². The van der Waals surface area contributed by atoms with Gasteiger partial charge in [0.1, 0.15) is 5.54 Å². The Hall–Kier alpha value is -2.90. The average molecular weight is 398 g/mol. The fourth-order valence-electron chi connectivity index (χ4n) is 4.49. The zero-order valence-corrected chi connectivity index (χ0v) is 16.4. The quantitative estimate of drug-likeness (QED) is 0.719. The number of amides is 5. The fraction of sp³-hybridized carbons (Fsp3) is 0.524. The first-order valence-electron chi connectivity index (χ1n) is 10.3. The molecule has 4 rings (SSSR count). The Bertz CT molecular complexity index is 847. The van der Waals surface area contributed by atoms with Gasteiger partial charge in [0.2, 0.25) is 11.8 Å². The first-order valence-corrected chi connectivity index (χ1v) is 10.3. The molecule has 0 bridgehead atoms. The zero-order chi connectivity index (χ0) is 20.4. The van der Waals surface area contributed by atoms with Gasteiger partial charge in [0, 0.05) is 37.3 Å². The third kappa shape index (κ3) is 3.83. The van der Waals surface area contributed by atoms with Crippen LogP contribution in [-0.4, -0.2) is 47.3 Å². The van der Waals surface area contributed by atoms with Crippen LogP contribution in [0.15, 0.2) is 24.3 Å². The van der Waals surface area contributed by atoms with Crippen LogP contribution in [0, 0.1) is 0 Å². The highest BCUT2D eigenvalue weighted by Gasteiger charge is 2.52. The van der Waals surface area contributed by atoms with E-state index in [1.807, 2.05) is 12.1 Å². The molecule has 0 radical (unpaired) electrons. The molecule has 3 fully saturated rings. The lowest BCUT2D eigenvalue weighted by Crippen LogP contribution is -2.44. The molecule has 0 aromatic heterocycles. The topological polar surface area (TPSA) is 98.8 Å². The lowest BCUT2D eigenvalue weighted by atomic mass is 9.98. The third-order valence-corrected chi connectivity index (χ3v) is 6.00. The normalized spacial score (nSPS) is 20.6. The summed E-state index contributed by atoms with van der Waals surface area (Å²) in [5.74, 6) is -0.233. The standard InChI is InChI=1S/C21H26N4O4/c26-17(22-15-6-3-7-16(14-15)24-12-5-9-18(24)27)8-4-13-25-19(28)21(23-20(25)29)10-1-2-11-21/h3,6-7,14H,1-2,4-5,8-13H2,(H,22,26)(H,23,29). The van der Waals surface area contributed by atoms with Crippen molar-refractivity contribution in [2.75, 3.05) is 23.3 Å². The lowest BCUT2D eigenvalue weighted by molar-refractivity contribution is -0.131. The van der Waals surface area contributed by atoms with Gasteiger partial charge in [0.25, 0.3) is 5.91 Å². The van der Waals surface area contributed by atoms with Gasteiger partial charge in [0.15, 0.2) is 0 Å². The van der Waals surface area contributed by atoms with Crippen molar-refractivity contribution in [2.24, 2.45) is 0 Å². The molecule has 154 valence electrons. The summed E-state index contributed by atoms with van der Waals surface area (Å²) < 4.78 is 0. The van der Waals surface area contributed by atoms with E-state index in [9.17, 15) is 19.2 Å². The maximum absolute atomic E-state index is 12.6. The van der Waals surface area contributed by atoms with Gasteiger partial charge < -0.3 is 15.5 Å². The molecule has 2 N–H and O–H groups in total. The lowest BCUT2D eigenvalue weighted by Gasteiger charge is -2.20. The van der Waals surface area contributed by atoms with Gasteiger partial charge >= 0.3 is 6.03 Å². The number of hydrogen-bond acceptors (Lipinski definition) is 4. The van der Waals surface area contributed by atoms with Crippen molar-refractivity contribution < 1.29 is 19.2 Å². The number of hydrogen-bond donors (Lipinski definition) is 2. The highest BCUT2D eigenvalue weighted by atomic mass is 16.2. The summed E-state index contributed by atoms with van der Waals surface area (Å²) in [6, 6.07) is 6.89. The van der Waals surface area contributed by atoms with Crippen molar-refractivity contribution in [3.8, 4) is 0 Å². The van der Waals surface area contributed by atoms with Gasteiger partial charge in [-0.25, -0.2) is 4.79 Å². The van der Waals surface area contributed by atoms with E-state index in [1.54, 1.807) is 17.0 Å². The van der Waals surface area contributed by atoms with Crippen molar-refractivity contribution in [3.05, 3.63) is 24.3 Å². The molecule has 0 atom stereocenters. The van der Waals surface area contributed by atoms with Crippen molar-refractivity contribution >= 4 is 35.1 Å². The van der Waals surface area contributed by atoms with Crippen LogP contribution in [0.5, 0.6) is 0 Å². The van der Waals surface area contributed by atoms with E-state index in [2.05, 4.69) is 10.6 Å². The molecule has 1 aromatic carbocycles. The number of benzene rings is 1. The van der Waals surface area contributed by atoms with Crippen molar-refractivity contribution in [1.29, 1.82) is 0 Å². The number of imide groups is 1. The number of nitrogens with one attached hydrogen (secondary N) is 2. The Morgan fingerprint density at radius 3 is 2.66 bits per heavy atom. The van der Waals surface area contributed by atoms with Gasteiger partial charge in [-0.3, -0.25) is 19.3 Å². The van der Waals surface area contributed by atoms with Crippen molar-refractivity contribution in [3.63, 3.8) is 0 Å². The molecule has 0 unspecified atom stereocenters. The van der Waals surface area contributed by atoms with Gasteiger partial charge in [-0.1, -0.05) is 18.9 Å². The number of anilines is 2. The van der Waals surface area contributed by atoms with Crippen LogP contribution in [-0.2, 0) is 14.4 Å². The largest absolute Gasteiger partial charge is 0.326 e. The second-order valence-corrected chi connectivity index (χ2v) is 8.03. The molecular weight excluding hydrogens is 372 g/mol. The Morgan fingerprint density at radius 1 is 1.14 bits per heavy atom. The van der Waals surface area contributed by atoms with Crippen LogP contribution in [0.4, 0.5) is 16.2 Å². The molecule has 8 nitrogen and oxygen atoms in total. The minimum absolute atomic E-state index is 0.0991. The first kappa shape index (κ1) is 19.4. The van der Waals surface area contributed by atoms with Crippen LogP contribution in [0.2, 0.25) is 0 Å². The smallest absolute Gasteiger partial charge is 0.325 e. The van der Waals surface area contributed by atoms with Gasteiger partial charge in [-0.15, -0.1) is 0 Å². The van der Waals surface area contributed by atoms with Crippen LogP contribution >= 0.6 is 0 Å². The number of rotatable bonds is 6. The number of carbonyl (C=O) groups excluding carboxylic acids is 4. The van der Waals surface area contributed by atoms with Gasteiger partial charge in [-0.2, -0.15) is 0 Å². The summed E-state index contributed by atoms with van der Waals surface area (Å²) in [4.78, 5) is 51.9. The number of carbonyl (C=O) groups is 4. The van der Waals surface area contributed by atoms with E-state index in [0.717, 1.165) is 24.9 Å². The molecule has 8 heteroatoms. The summed E-state index contributed by atoms with van der Waals surface area (Å²) in [6.07, 6.45) is 5.31. The Labute approximate surface area is 169 Å². The molecule has 2 saturated heterocycles. The second-order valence-electron chi connectivity index (χ2n) is 8.03. The Kier molecular flexibility index (Phi) is 5.25. The molecule has 2 aliphatic heterocycles. The SMILES string of the molecule is O=C(CCCN1C(=O)NC2(CCCC2)C1=O)Nc1cccc(N2CCCC2=O)c1. The molecule has 1 saturated carbocycles. The minimum atomic E-state index is -0.702. The minimum Gasteiger partial charge on any atom is -0.326 e. The van der Waals surface area contributed by atoms with Crippen LogP contribution in [0.1, 0.15) is 51.4 Å². The summed E-state index contributed by atoms with van der Waals surface area (Å²) in [5, 5.41) is 5.68. The molecule has 5 amide bonds. The zero-order valence-electron chi connectivity index (χ0n) is 16.4. The molecule has 1 aromatic rings. The third-order valence-electron chi connectivity index (χ3n) is 6.00. The van der Waals surface area contributed by atoms with E-state index in [1.165, 1.54) is 4.90 Å². The Morgan fingerprint density at radius 2 is 1.93 bits per heavy atom. The predicted octanol–water partition coefficient (Wildman–Crippen LogP) is 2.40. The van der Waals surface area contributed by atoms with Gasteiger partial charge in [-0.05, 0) is 43.9 Å². The summed E-state index contributed by atoms with van der Waals surface area (Å²) in [7, 11) is 0. The fourth-order valence-corrected chi connectivity index (χ4v) is 4.49. The van der Waals surface area contributed by atoms with Crippen LogP contribution in [0.3, 0.4) is 0 Å². The van der Waals surface area contributed by atoms with Crippen LogP contribution in [0.25, 0.3) is 0 Å². The van der Waals surface area contributed by atoms with Crippen molar-refractivity contribution in [1.82, 2.24) is 10.2 Å². The first-order chi connectivity index (χ1) is 14.0. The Balaban J connectivity index is 1.28. The van der Waals surface area contributed by atoms with E-state index < -0.39 is 5.54 Å². The van der Waals surface area contributed by atoms with E-state index >= 15 is 0 Å². The molecule has 1 spiro atoms. The maximum Gasteiger partial charge on any atom is 0.325 e. The molecule has 29 heavy (non-hydrogen) atoms. The second kappa shape index (κ2) is 7.85. The van der Waals surface area contributed by atoms with E-state index in [-0.39, 0.29) is 36.7 Å². The highest BCUT2D eigenvalue weighted by molar-refractivity contribution is 6.07. The summed E-state index contributed by atoms with van der Waals surface area (Å²) in [5.41, 5.74) is 0.714. The van der Waals surface area contributed by atoms with Crippen LogP contribution < -0.4 is 15.5 Å². The summed E-state index contributed by atoms with van der Waals surface area (Å²) in [6.45, 7) is 0.936. The molecule has 2 heterocycles. The van der Waals surface area contributed by atoms with E-state index in [4.69, 9.17) is 0 Å². The molecule has 1 aliphatic carbocycles. The number of urea groups is 1. The summed E-state index contributed by atoms with van der Waals surface area (Å²) >= 11 is 0. The molecule has 3 aliphatic rings. The highest BCUT2D eigenvalue weighted by Crippen LogP contribution is 2.35. The van der Waals surface area contributed by atoms with Gasteiger partial charge in [0.05, 0.1) is 0 Å². The maximum atomic E-state index is 12.6. The number of nitrogens with zero attached hydrogens (tertiary/aromatic N) is 2. The molecular formula is C21H26N4O4.